The number of aliphatic hydroxyl groups excluding tert-OH is 2. The molecule has 88 heavy (non-hydrogen) atoms. The number of hydrogen-bond acceptors (Lipinski definition) is 11. The number of methoxy groups -OCH3 is 1. The average Bonchev–Trinajstić information content (AvgIpc) is 0.771. The van der Waals surface area contributed by atoms with E-state index in [9.17, 15) is 25.5 Å². The third-order valence-electron chi connectivity index (χ3n) is 22.6. The Morgan fingerprint density at radius 1 is 0.807 bits per heavy atom. The Bertz CT molecular complexity index is 3950. The van der Waals surface area contributed by atoms with Gasteiger partial charge in [0.25, 0.3) is 0 Å². The molecule has 3 fully saturated rings. The number of aliphatic hydroxyl groups is 2. The van der Waals surface area contributed by atoms with Crippen molar-refractivity contribution in [1.29, 1.82) is 0 Å². The van der Waals surface area contributed by atoms with E-state index in [0.717, 1.165) is 145 Å². The smallest absolute Gasteiger partial charge is 0.168 e. The van der Waals surface area contributed by atoms with E-state index in [0.29, 0.717) is 36.5 Å². The summed E-state index contributed by atoms with van der Waals surface area (Å²) in [7, 11) is 1.77. The van der Waals surface area contributed by atoms with Gasteiger partial charge in [0, 0.05) is 88.9 Å². The third-order valence-corrected chi connectivity index (χ3v) is 22.6. The van der Waals surface area contributed by atoms with Crippen molar-refractivity contribution < 1.29 is 44.5 Å². The highest BCUT2D eigenvalue weighted by Gasteiger charge is 2.63. The number of nitrogens with one attached hydrogen (secondary N) is 2. The highest BCUT2D eigenvalue weighted by Crippen LogP contribution is 2.64. The number of nitrogens with zero attached hydrogens (tertiary/aromatic N) is 1. The predicted octanol–water partition coefficient (Wildman–Crippen LogP) is 12.3. The van der Waals surface area contributed by atoms with E-state index in [1.807, 2.05) is 24.3 Å². The minimum atomic E-state index is -0.785. The van der Waals surface area contributed by atoms with Gasteiger partial charge in [-0.05, 0) is 181 Å². The lowest BCUT2D eigenvalue weighted by Gasteiger charge is -2.63. The quantitative estimate of drug-likeness (QED) is 0.0573. The molecule has 1 saturated carbocycles. The van der Waals surface area contributed by atoms with Crippen LogP contribution in [0.1, 0.15) is 145 Å². The number of aromatic hydroxyl groups is 3. The molecule has 1 spiro atoms. The van der Waals surface area contributed by atoms with Crippen molar-refractivity contribution in [3.8, 4) is 34.8 Å². The van der Waals surface area contributed by atoms with Crippen molar-refractivity contribution in [2.45, 2.75) is 171 Å². The maximum Gasteiger partial charge on any atom is 0.168 e. The molecule has 10 bridgehead atoms. The Kier molecular flexibility index (Phi) is 14.3. The monoisotopic (exact) mass is 1180 g/mol. The first-order valence-corrected chi connectivity index (χ1v) is 32.9. The van der Waals surface area contributed by atoms with Crippen LogP contribution in [0.25, 0.3) is 22.7 Å². The van der Waals surface area contributed by atoms with E-state index in [1.54, 1.807) is 36.9 Å². The lowest BCUT2D eigenvalue weighted by Crippen LogP contribution is -2.64. The minimum Gasteiger partial charge on any atom is -0.508 e. The van der Waals surface area contributed by atoms with Crippen LogP contribution in [-0.2, 0) is 64.9 Å². The standard InChI is InChI=1S/C76H81N3O9/c1-85-69-28-24-60-58-22-14-44(11-12-45-15-25-63(82)51(31-45)32-46-7-5-10-57(81)33-46)13-16-47-19-26-66-70(58)74(78-73(60)77-69)79-39-52-34-56(76-55-21-17-48-8-6-9-49(71(48)76)20-27-68(76)75(87-43-55)29-3-2-4-30-75)35-54(62(52)40-79)42-86-72-59-23-18-50(64(83)38-67(47)88-66)36-61(59)53(41-80)37-65(72)84/h5-10,15,18-19,23,25-26,31,33-35,37,39-40,44,47,50,55,64,66-69,73,77-78,80-84H,2-4,11-13,16-17,20-21,24,27-30,32,36,38,41-43H2,1H3/t44-,47-,50-,55-,64+,66+,67-,68+,69+,73?,76+/m1/s1. The fourth-order valence-corrected chi connectivity index (χ4v) is 18.4. The van der Waals surface area contributed by atoms with E-state index in [-0.39, 0.29) is 83.6 Å². The molecule has 5 aliphatic carbocycles. The second kappa shape index (κ2) is 22.4. The Hall–Kier alpha value is -7.08. The van der Waals surface area contributed by atoms with E-state index >= 15 is 0 Å². The van der Waals surface area contributed by atoms with Crippen molar-refractivity contribution in [3.05, 3.63) is 187 Å². The molecule has 18 rings (SSSR count). The number of benzene rings is 5. The summed E-state index contributed by atoms with van der Waals surface area (Å²) in [6, 6.07) is 26.9. The van der Waals surface area contributed by atoms with Crippen LogP contribution >= 0.6 is 0 Å². The molecular weight excluding hydrogens is 1100 g/mol. The first-order chi connectivity index (χ1) is 43.0. The lowest BCUT2D eigenvalue weighted by atomic mass is 9.45. The van der Waals surface area contributed by atoms with Crippen LogP contribution in [0.15, 0.2) is 126 Å². The summed E-state index contributed by atoms with van der Waals surface area (Å²) in [5, 5.41) is 67.0. The van der Waals surface area contributed by atoms with Crippen molar-refractivity contribution in [2.24, 2.45) is 29.6 Å². The maximum atomic E-state index is 12.6. The molecule has 454 valence electrons. The molecule has 0 amide bonds. The second-order valence-corrected chi connectivity index (χ2v) is 27.3. The van der Waals surface area contributed by atoms with E-state index in [2.05, 4.69) is 94.1 Å². The molecule has 12 aliphatic rings. The van der Waals surface area contributed by atoms with E-state index < -0.39 is 12.2 Å². The first-order valence-electron chi connectivity index (χ1n) is 32.9. The molecular formula is C76H81N3O9. The molecule has 1 aromatic heterocycles. The van der Waals surface area contributed by atoms with E-state index in [1.165, 1.54) is 41.5 Å². The van der Waals surface area contributed by atoms with Crippen LogP contribution in [0, 0.1) is 41.4 Å². The van der Waals surface area contributed by atoms with Gasteiger partial charge in [-0.3, -0.25) is 5.32 Å². The zero-order valence-corrected chi connectivity index (χ0v) is 50.4. The number of fused-ring (bicyclic) bond motifs is 7. The number of aryl methyl sites for hydroxylation is 3. The molecule has 11 atom stereocenters. The van der Waals surface area contributed by atoms with Crippen LogP contribution < -0.4 is 15.4 Å². The highest BCUT2D eigenvalue weighted by molar-refractivity contribution is 5.89. The lowest BCUT2D eigenvalue weighted by molar-refractivity contribution is -0.193. The van der Waals surface area contributed by atoms with Crippen LogP contribution in [0.2, 0.25) is 0 Å². The van der Waals surface area contributed by atoms with Crippen LogP contribution in [0.3, 0.4) is 0 Å². The Balaban J connectivity index is 0.886. The maximum absolute atomic E-state index is 12.6. The van der Waals surface area contributed by atoms with Gasteiger partial charge in [-0.2, -0.15) is 0 Å². The van der Waals surface area contributed by atoms with Crippen molar-refractivity contribution in [3.63, 3.8) is 0 Å². The van der Waals surface area contributed by atoms with Gasteiger partial charge in [-0.15, -0.1) is 0 Å². The molecule has 6 aromatic rings. The van der Waals surface area contributed by atoms with Gasteiger partial charge in [0.1, 0.15) is 42.4 Å². The zero-order valence-electron chi connectivity index (χ0n) is 50.4. The fraction of sp³-hybridized carbons (Fsp3) is 0.447. The summed E-state index contributed by atoms with van der Waals surface area (Å²) in [6.07, 6.45) is 27.2. The largest absolute Gasteiger partial charge is 0.508 e. The van der Waals surface area contributed by atoms with Gasteiger partial charge in [-0.1, -0.05) is 104 Å². The fourth-order valence-electron chi connectivity index (χ4n) is 18.4. The van der Waals surface area contributed by atoms with Crippen molar-refractivity contribution >= 4 is 22.7 Å². The van der Waals surface area contributed by atoms with Crippen LogP contribution in [0.5, 0.6) is 23.0 Å². The van der Waals surface area contributed by atoms with Gasteiger partial charge in [0.15, 0.2) is 11.5 Å². The predicted molar refractivity (Wildman–Crippen MR) is 339 cm³/mol. The summed E-state index contributed by atoms with van der Waals surface area (Å²) in [4.78, 5) is 0. The molecule has 12 heteroatoms. The molecule has 7 aliphatic heterocycles. The molecule has 7 N–H and O–H groups in total. The summed E-state index contributed by atoms with van der Waals surface area (Å²) in [5.41, 5.74) is 14.6. The van der Waals surface area contributed by atoms with Crippen molar-refractivity contribution in [1.82, 2.24) is 15.2 Å². The SMILES string of the molecule is CO[C@H]1CCC2=C3C#C[C@H](CCc4ccc(O)c(Cc5cccc(O)c5)c4)CC[C@@H]4C=C[C@@H]5O[C@@H]4C[C@H](O)[C@@H]4C=Cc6c(c(CO)cc(O)c6OCc6cc([C@]78c9c%10cccc9CC[C@H]7C7(CCCCC7)OC[C@H]8CC%10)cc7cn(cc67)C(=C35)NC2N1)C4. The Morgan fingerprint density at radius 3 is 2.52 bits per heavy atom. The number of rotatable bonds is 8. The van der Waals surface area contributed by atoms with Gasteiger partial charge in [0.2, 0.25) is 0 Å². The van der Waals surface area contributed by atoms with Crippen LogP contribution in [-0.4, -0.2) is 80.1 Å². The van der Waals surface area contributed by atoms with Gasteiger partial charge in [-0.25, -0.2) is 0 Å². The number of hydrogen-bond donors (Lipinski definition) is 7. The zero-order chi connectivity index (χ0) is 59.4. The van der Waals surface area contributed by atoms with Gasteiger partial charge >= 0.3 is 0 Å². The molecule has 1 unspecified atom stereocenters. The van der Waals surface area contributed by atoms with E-state index in [4.69, 9.17) is 18.9 Å². The average molecular weight is 1180 g/mol. The molecule has 12 nitrogen and oxygen atoms in total. The molecule has 2 saturated heterocycles. The Labute approximate surface area is 516 Å². The molecule has 5 aromatic carbocycles. The number of ether oxygens (including phenoxy) is 4. The molecule has 0 radical (unpaired) electrons. The summed E-state index contributed by atoms with van der Waals surface area (Å²) >= 11 is 0. The Morgan fingerprint density at radius 2 is 1.67 bits per heavy atom. The first kappa shape index (κ1) is 56.2. The third kappa shape index (κ3) is 9.47. The van der Waals surface area contributed by atoms with Crippen molar-refractivity contribution in [2.75, 3.05) is 13.7 Å². The normalized spacial score (nSPS) is 29.8. The summed E-state index contributed by atoms with van der Waals surface area (Å²) in [5.74, 6) is 9.85. The summed E-state index contributed by atoms with van der Waals surface area (Å²) < 4.78 is 30.4. The van der Waals surface area contributed by atoms with Crippen LogP contribution in [0.4, 0.5) is 0 Å². The van der Waals surface area contributed by atoms with Gasteiger partial charge < -0.3 is 54.4 Å². The molecule has 8 heterocycles. The number of phenols is 3. The number of aromatic nitrogens is 1. The number of phenolic OH excluding ortho intramolecular Hbond substituents is 3. The topological polar surface area (TPSA) is 167 Å². The summed E-state index contributed by atoms with van der Waals surface area (Å²) in [6.45, 7) is 0.654. The second-order valence-electron chi connectivity index (χ2n) is 27.3. The minimum absolute atomic E-state index is 0.00749. The van der Waals surface area contributed by atoms with Gasteiger partial charge in [0.05, 0.1) is 31.0 Å². The number of piperidine rings is 1. The highest BCUT2D eigenvalue weighted by atomic mass is 16.5. The number of dihydropyridines is 1.